The van der Waals surface area contributed by atoms with E-state index >= 15 is 8.78 Å². The van der Waals surface area contributed by atoms with Gasteiger partial charge in [-0.2, -0.15) is 10.1 Å². The van der Waals surface area contributed by atoms with Crippen LogP contribution in [0.1, 0.15) is 62.1 Å². The van der Waals surface area contributed by atoms with E-state index in [1.54, 1.807) is 18.1 Å². The van der Waals surface area contributed by atoms with Gasteiger partial charge >= 0.3 is 5.92 Å². The largest absolute Gasteiger partial charge is 0.485 e. The summed E-state index contributed by atoms with van der Waals surface area (Å²) in [6.07, 6.45) is 5.76. The lowest BCUT2D eigenvalue weighted by molar-refractivity contribution is -0.134. The van der Waals surface area contributed by atoms with Gasteiger partial charge in [-0.25, -0.2) is 13.8 Å². The number of hydrogen-bond donors (Lipinski definition) is 4. The van der Waals surface area contributed by atoms with Crippen LogP contribution in [0.15, 0.2) is 48.4 Å². The molecule has 0 radical (unpaired) electrons. The number of alkyl halides is 2. The molecule has 7 heterocycles. The molecule has 0 spiro atoms. The Bertz CT molecular complexity index is 2440. The number of carbonyl (C=O) groups is 2. The van der Waals surface area contributed by atoms with Gasteiger partial charge in [-0.15, -0.1) is 0 Å². The van der Waals surface area contributed by atoms with Crippen molar-refractivity contribution in [2.45, 2.75) is 69.1 Å². The predicted molar refractivity (Wildman–Crippen MR) is 233 cm³/mol. The number of piperidine rings is 1. The predicted octanol–water partition coefficient (Wildman–Crippen LogP) is 5.18. The molecule has 2 aromatic heterocycles. The Balaban J connectivity index is 0.777. The molecule has 4 fully saturated rings. The number of halogens is 3. The standard InChI is InChI=1S/C44H52ClF2N11O4/c1-54-32-12-10-27(21-30(32)36-38(42(54)61)62-24-44(46,47)39(51-36)26-8-9-26)49-40-31(45)22-48-43(52-40)58-15-4-5-25(14-16-58)23-56-17-19-57(20-18-56)33-7-3-6-28-35(53-55(2)37(28)33)29-11-13-34(59)50-41(29)60/h3,6-7,10,12,21-22,25-26,29,39,42,51,61H,4-5,8-9,11,13-20,23-24H2,1-2H3,(H,48,49,52)(H,50,59,60). The zero-order valence-corrected chi connectivity index (χ0v) is 35.7. The summed E-state index contributed by atoms with van der Waals surface area (Å²) in [7, 11) is 3.64. The van der Waals surface area contributed by atoms with Crippen molar-refractivity contribution in [2.75, 3.05) is 79.5 Å². The molecule has 62 heavy (non-hydrogen) atoms. The SMILES string of the molecule is CN1c2ccc(Nc3nc(N4CCCC(CN5CCN(c6cccc7c(C8CCC(=O)NC8=O)nn(C)c67)CC5)CC4)ncc3Cl)cc2C2=C(OCC(F)(F)C(C3CC3)N2)C1O. The number of aliphatic hydroxyl groups is 1. The molecule has 18 heteroatoms. The first kappa shape index (κ1) is 40.8. The topological polar surface area (TPSA) is 156 Å². The van der Waals surface area contributed by atoms with E-state index in [4.69, 9.17) is 26.4 Å². The fraction of sp³-hybridized carbons (Fsp3) is 0.523. The average Bonchev–Trinajstić information content (AvgIpc) is 4.09. The lowest BCUT2D eigenvalue weighted by Gasteiger charge is -2.37. The molecule has 15 nitrogen and oxygen atoms in total. The lowest BCUT2D eigenvalue weighted by atomic mass is 9.92. The first-order valence-corrected chi connectivity index (χ1v) is 22.2. The highest BCUT2D eigenvalue weighted by Gasteiger charge is 2.52. The van der Waals surface area contributed by atoms with E-state index in [-0.39, 0.29) is 23.5 Å². The second-order valence-electron chi connectivity index (χ2n) is 17.7. The number of nitrogens with one attached hydrogen (secondary N) is 3. The molecule has 0 bridgehead atoms. The summed E-state index contributed by atoms with van der Waals surface area (Å²) < 4.78 is 37.9. The summed E-state index contributed by atoms with van der Waals surface area (Å²) in [5.41, 5.74) is 5.20. The van der Waals surface area contributed by atoms with Gasteiger partial charge in [0.2, 0.25) is 17.8 Å². The number of likely N-dealkylation sites (N-methyl/N-ethyl adjacent to an activating group) is 1. The fourth-order valence-electron chi connectivity index (χ4n) is 10.0. The van der Waals surface area contributed by atoms with E-state index in [1.165, 1.54) is 0 Å². The van der Waals surface area contributed by atoms with Gasteiger partial charge in [-0.05, 0) is 74.6 Å². The monoisotopic (exact) mass is 871 g/mol. The van der Waals surface area contributed by atoms with Crippen molar-refractivity contribution in [1.82, 2.24) is 35.3 Å². The molecule has 4 atom stereocenters. The zero-order chi connectivity index (χ0) is 42.9. The van der Waals surface area contributed by atoms with Crippen molar-refractivity contribution in [3.05, 3.63) is 64.6 Å². The molecule has 10 rings (SSSR count). The Hall–Kier alpha value is -5.26. The van der Waals surface area contributed by atoms with Gasteiger partial charge < -0.3 is 35.2 Å². The van der Waals surface area contributed by atoms with Crippen LogP contribution >= 0.6 is 11.6 Å². The molecule has 2 aromatic carbocycles. The number of benzene rings is 2. The number of aliphatic hydroxyl groups excluding tert-OH is 1. The third-order valence-electron chi connectivity index (χ3n) is 13.6. The number of aryl methyl sites for hydroxylation is 1. The maximum atomic E-state index is 15.2. The van der Waals surface area contributed by atoms with E-state index in [9.17, 15) is 14.7 Å². The van der Waals surface area contributed by atoms with Crippen LogP contribution < -0.4 is 30.7 Å². The first-order chi connectivity index (χ1) is 29.9. The highest BCUT2D eigenvalue weighted by atomic mass is 35.5. The van der Waals surface area contributed by atoms with Crippen molar-refractivity contribution in [2.24, 2.45) is 18.9 Å². The van der Waals surface area contributed by atoms with Crippen molar-refractivity contribution in [1.29, 1.82) is 0 Å². The van der Waals surface area contributed by atoms with Crippen LogP contribution in [-0.4, -0.2) is 119 Å². The second-order valence-corrected chi connectivity index (χ2v) is 18.1. The number of ether oxygens (including phenoxy) is 1. The van der Waals surface area contributed by atoms with Crippen molar-refractivity contribution in [3.8, 4) is 0 Å². The minimum Gasteiger partial charge on any atom is -0.485 e. The van der Waals surface area contributed by atoms with Crippen LogP contribution in [0.25, 0.3) is 16.6 Å². The maximum absolute atomic E-state index is 15.2. The number of rotatable bonds is 8. The molecule has 1 aliphatic carbocycles. The van der Waals surface area contributed by atoms with E-state index in [0.717, 1.165) is 100 Å². The minimum absolute atomic E-state index is 0.0890. The zero-order valence-electron chi connectivity index (χ0n) is 34.9. The first-order valence-electron chi connectivity index (χ1n) is 21.8. The van der Waals surface area contributed by atoms with E-state index in [2.05, 4.69) is 41.7 Å². The highest BCUT2D eigenvalue weighted by molar-refractivity contribution is 6.33. The van der Waals surface area contributed by atoms with E-state index in [0.29, 0.717) is 58.2 Å². The van der Waals surface area contributed by atoms with Crippen LogP contribution in [-0.2, 0) is 21.4 Å². The number of aromatic nitrogens is 4. The van der Waals surface area contributed by atoms with Crippen molar-refractivity contribution >= 4 is 68.8 Å². The number of amides is 2. The summed E-state index contributed by atoms with van der Waals surface area (Å²) in [5.74, 6) is -2.53. The van der Waals surface area contributed by atoms with Gasteiger partial charge in [0.15, 0.2) is 24.4 Å². The van der Waals surface area contributed by atoms with Gasteiger partial charge in [0.1, 0.15) is 5.02 Å². The fourth-order valence-corrected chi connectivity index (χ4v) is 10.2. The van der Waals surface area contributed by atoms with Crippen LogP contribution in [0, 0.1) is 11.8 Å². The summed E-state index contributed by atoms with van der Waals surface area (Å²) >= 11 is 6.68. The number of piperazine rings is 1. The molecule has 2 amide bonds. The van der Waals surface area contributed by atoms with E-state index in [1.807, 2.05) is 42.1 Å². The van der Waals surface area contributed by atoms with E-state index < -0.39 is 30.7 Å². The molecule has 4 aromatic rings. The number of para-hydroxylation sites is 1. The summed E-state index contributed by atoms with van der Waals surface area (Å²) in [6.45, 7) is 5.51. The Morgan fingerprint density at radius 3 is 2.60 bits per heavy atom. The lowest BCUT2D eigenvalue weighted by Crippen LogP contribution is -2.48. The number of carbonyl (C=O) groups excluding carboxylic acids is 2. The van der Waals surface area contributed by atoms with Crippen molar-refractivity contribution in [3.63, 3.8) is 0 Å². The molecule has 4 N–H and O–H groups in total. The summed E-state index contributed by atoms with van der Waals surface area (Å²) in [6, 6.07) is 10.7. The summed E-state index contributed by atoms with van der Waals surface area (Å²) in [4.78, 5) is 42.9. The number of nitrogens with zero attached hydrogens (tertiary/aromatic N) is 8. The summed E-state index contributed by atoms with van der Waals surface area (Å²) in [5, 5.41) is 26.1. The normalized spacial score (nSPS) is 25.7. The average molecular weight is 872 g/mol. The quantitative estimate of drug-likeness (QED) is 0.172. The smallest absolute Gasteiger partial charge is 0.301 e. The Labute approximate surface area is 363 Å². The van der Waals surface area contributed by atoms with Crippen LogP contribution in [0.5, 0.6) is 0 Å². The number of hydrogen-bond acceptors (Lipinski definition) is 13. The molecular formula is C44H52ClF2N11O4. The van der Waals surface area contributed by atoms with Gasteiger partial charge in [0, 0.05) is 88.7 Å². The van der Waals surface area contributed by atoms with Crippen LogP contribution in [0.4, 0.5) is 37.6 Å². The molecule has 328 valence electrons. The number of anilines is 5. The number of imide groups is 1. The van der Waals surface area contributed by atoms with Crippen LogP contribution in [0.3, 0.4) is 0 Å². The maximum Gasteiger partial charge on any atom is 0.301 e. The molecule has 3 saturated heterocycles. The molecule has 1 saturated carbocycles. The highest BCUT2D eigenvalue weighted by Crippen LogP contribution is 2.46. The van der Waals surface area contributed by atoms with Gasteiger partial charge in [-0.1, -0.05) is 23.7 Å². The number of fused-ring (bicyclic) bond motifs is 3. The van der Waals surface area contributed by atoms with Gasteiger partial charge in [-0.3, -0.25) is 24.5 Å². The van der Waals surface area contributed by atoms with Crippen molar-refractivity contribution < 1.29 is 28.2 Å². The minimum atomic E-state index is -3.09. The molecular weight excluding hydrogens is 820 g/mol. The Morgan fingerprint density at radius 1 is 0.984 bits per heavy atom. The van der Waals surface area contributed by atoms with Crippen LogP contribution in [0.2, 0.25) is 5.02 Å². The van der Waals surface area contributed by atoms with Gasteiger partial charge in [0.05, 0.1) is 40.8 Å². The van der Waals surface area contributed by atoms with Gasteiger partial charge in [0.25, 0.3) is 0 Å². The Kier molecular flexibility index (Phi) is 10.6. The molecule has 5 aliphatic heterocycles. The Morgan fingerprint density at radius 2 is 1.81 bits per heavy atom. The third kappa shape index (κ3) is 7.65. The second kappa shape index (κ2) is 16.1. The molecule has 4 unspecified atom stereocenters. The third-order valence-corrected chi connectivity index (χ3v) is 13.8. The molecule has 6 aliphatic rings.